The second kappa shape index (κ2) is 13.4. The number of rotatable bonds is 8. The largest absolute Gasteiger partial charge is 0.463 e. The lowest BCUT2D eigenvalue weighted by molar-refractivity contribution is -0.252. The molecule has 2 rings (SSSR count). The molecule has 1 heterocycles. The van der Waals surface area contributed by atoms with E-state index < -0.39 is 48.5 Å². The first-order valence-electron chi connectivity index (χ1n) is 11.1. The van der Waals surface area contributed by atoms with Crippen LogP contribution in [0, 0.1) is 11.8 Å². The number of unbranched alkanes of at least 4 members (excludes halogenated alkanes) is 2. The third-order valence-corrected chi connectivity index (χ3v) is 4.82. The Morgan fingerprint density at radius 2 is 1.71 bits per heavy atom. The molecule has 0 saturated carbocycles. The van der Waals surface area contributed by atoms with Crippen LogP contribution in [0.15, 0.2) is 24.3 Å². The topological polar surface area (TPSA) is 114 Å². The number of ether oxygens (including phenoxy) is 5. The molecule has 0 unspecified atom stereocenters. The molecule has 1 saturated heterocycles. The Balaban J connectivity index is 2.23. The van der Waals surface area contributed by atoms with Crippen molar-refractivity contribution >= 4 is 23.9 Å². The van der Waals surface area contributed by atoms with Crippen molar-refractivity contribution in [1.82, 2.24) is 0 Å². The van der Waals surface area contributed by atoms with Gasteiger partial charge in [0.05, 0.1) is 12.0 Å². The Kier molecular flexibility index (Phi) is 10.6. The zero-order valence-electron chi connectivity index (χ0n) is 19.8. The third-order valence-electron chi connectivity index (χ3n) is 4.82. The van der Waals surface area contributed by atoms with Gasteiger partial charge in [0.15, 0.2) is 6.10 Å². The first kappa shape index (κ1) is 26.9. The molecule has 0 N–H and O–H groups in total. The van der Waals surface area contributed by atoms with Crippen LogP contribution in [-0.4, -0.2) is 55.1 Å². The molecule has 1 aromatic carbocycles. The minimum absolute atomic E-state index is 0.0792. The highest BCUT2D eigenvalue weighted by Gasteiger charge is 2.45. The third kappa shape index (κ3) is 8.52. The van der Waals surface area contributed by atoms with E-state index in [0.29, 0.717) is 12.0 Å². The minimum Gasteiger partial charge on any atom is -0.463 e. The van der Waals surface area contributed by atoms with Crippen molar-refractivity contribution in [2.24, 2.45) is 0 Å². The average molecular weight is 475 g/mol. The van der Waals surface area contributed by atoms with Gasteiger partial charge in [0.25, 0.3) is 0 Å². The van der Waals surface area contributed by atoms with Crippen LogP contribution in [0.5, 0.6) is 0 Å². The molecule has 184 valence electrons. The molecule has 1 fully saturated rings. The summed E-state index contributed by atoms with van der Waals surface area (Å²) < 4.78 is 26.9. The van der Waals surface area contributed by atoms with Gasteiger partial charge in [0.2, 0.25) is 6.29 Å². The Labute approximate surface area is 199 Å². The highest BCUT2D eigenvalue weighted by atomic mass is 16.7. The summed E-state index contributed by atoms with van der Waals surface area (Å²) in [7, 11) is 0. The van der Waals surface area contributed by atoms with E-state index in [4.69, 9.17) is 23.7 Å². The predicted octanol–water partition coefficient (Wildman–Crippen LogP) is 2.93. The maximum atomic E-state index is 12.9. The number of hydrogen-bond donors (Lipinski definition) is 0. The van der Waals surface area contributed by atoms with Crippen molar-refractivity contribution in [1.29, 1.82) is 0 Å². The number of hydrogen-bond acceptors (Lipinski definition) is 9. The lowest BCUT2D eigenvalue weighted by atomic mass is 10.0. The fourth-order valence-electron chi connectivity index (χ4n) is 3.35. The molecule has 4 atom stereocenters. The highest BCUT2D eigenvalue weighted by Crippen LogP contribution is 2.28. The van der Waals surface area contributed by atoms with E-state index in [9.17, 15) is 19.2 Å². The summed E-state index contributed by atoms with van der Waals surface area (Å²) >= 11 is 0. The van der Waals surface area contributed by atoms with Crippen LogP contribution in [0.2, 0.25) is 0 Å². The van der Waals surface area contributed by atoms with Crippen LogP contribution in [0.1, 0.15) is 69.3 Å². The molecule has 1 aromatic rings. The number of carbonyl (C=O) groups excluding carboxylic acids is 4. The van der Waals surface area contributed by atoms with Gasteiger partial charge < -0.3 is 23.7 Å². The van der Waals surface area contributed by atoms with E-state index >= 15 is 0 Å². The summed E-state index contributed by atoms with van der Waals surface area (Å²) in [5.41, 5.74) is 0.781. The van der Waals surface area contributed by atoms with E-state index in [-0.39, 0.29) is 18.6 Å². The smallest absolute Gasteiger partial charge is 0.341 e. The molecule has 0 aliphatic carbocycles. The first-order valence-corrected chi connectivity index (χ1v) is 11.1. The van der Waals surface area contributed by atoms with E-state index in [1.807, 2.05) is 0 Å². The summed E-state index contributed by atoms with van der Waals surface area (Å²) in [6.45, 7) is 5.39. The zero-order chi connectivity index (χ0) is 25.1. The van der Waals surface area contributed by atoms with Gasteiger partial charge in [0.1, 0.15) is 18.8 Å². The molecular weight excluding hydrogens is 444 g/mol. The van der Waals surface area contributed by atoms with Crippen molar-refractivity contribution in [3.05, 3.63) is 35.4 Å². The number of esters is 4. The van der Waals surface area contributed by atoms with Crippen molar-refractivity contribution in [3.8, 4) is 11.8 Å². The fraction of sp³-hybridized carbons (Fsp3) is 0.520. The second-order valence-electron chi connectivity index (χ2n) is 7.72. The Hall–Kier alpha value is -3.38. The predicted molar refractivity (Wildman–Crippen MR) is 119 cm³/mol. The van der Waals surface area contributed by atoms with E-state index in [1.165, 1.54) is 20.8 Å². The first-order chi connectivity index (χ1) is 16.2. The molecule has 34 heavy (non-hydrogen) atoms. The van der Waals surface area contributed by atoms with Crippen molar-refractivity contribution in [2.45, 2.75) is 78.0 Å². The van der Waals surface area contributed by atoms with Crippen LogP contribution in [0.3, 0.4) is 0 Å². The van der Waals surface area contributed by atoms with E-state index in [1.54, 1.807) is 24.3 Å². The Morgan fingerprint density at radius 3 is 2.35 bits per heavy atom. The summed E-state index contributed by atoms with van der Waals surface area (Å²) in [6.07, 6.45) is -1.58. The maximum absolute atomic E-state index is 12.9. The molecule has 0 bridgehead atoms. The Bertz CT molecular complexity index is 943. The monoisotopic (exact) mass is 474 g/mol. The van der Waals surface area contributed by atoms with Crippen molar-refractivity contribution < 1.29 is 42.9 Å². The van der Waals surface area contributed by atoms with Crippen LogP contribution in [0.4, 0.5) is 0 Å². The molecule has 1 aliphatic rings. The highest BCUT2D eigenvalue weighted by molar-refractivity contribution is 5.92. The normalized spacial score (nSPS) is 21.4. The molecule has 0 radical (unpaired) electrons. The van der Waals surface area contributed by atoms with Gasteiger partial charge in [0, 0.05) is 32.8 Å². The van der Waals surface area contributed by atoms with E-state index in [2.05, 4.69) is 18.8 Å². The van der Waals surface area contributed by atoms with Crippen LogP contribution < -0.4 is 0 Å². The summed E-state index contributed by atoms with van der Waals surface area (Å²) in [6, 6.07) is 6.78. The fourth-order valence-corrected chi connectivity index (χ4v) is 3.35. The van der Waals surface area contributed by atoms with Gasteiger partial charge >= 0.3 is 23.9 Å². The van der Waals surface area contributed by atoms with Gasteiger partial charge in [-0.05, 0) is 18.6 Å². The van der Waals surface area contributed by atoms with Crippen LogP contribution in [-0.2, 0) is 38.1 Å². The summed E-state index contributed by atoms with van der Waals surface area (Å²) in [4.78, 5) is 47.5. The molecule has 1 aliphatic heterocycles. The molecule has 9 heteroatoms. The van der Waals surface area contributed by atoms with Gasteiger partial charge in [-0.15, -0.1) is 0 Å². The molecule has 9 nitrogen and oxygen atoms in total. The van der Waals surface area contributed by atoms with Crippen LogP contribution >= 0.6 is 0 Å². The maximum Gasteiger partial charge on any atom is 0.341 e. The van der Waals surface area contributed by atoms with Crippen LogP contribution in [0.25, 0.3) is 0 Å². The molecular formula is C25H30O9. The minimum atomic E-state index is -1.15. The lowest BCUT2D eigenvalue weighted by Crippen LogP contribution is -2.54. The molecule has 0 spiro atoms. The summed E-state index contributed by atoms with van der Waals surface area (Å²) in [5, 5.41) is 0. The lowest BCUT2D eigenvalue weighted by Gasteiger charge is -2.39. The zero-order valence-corrected chi connectivity index (χ0v) is 19.8. The SMILES string of the molecule is CCCCC#Cc1ccccc1C(=O)O[C@H]1C[C@@H](OC(C)=O)[C@H](OC(C)=O)[C@@H](COC(C)=O)O1. The number of benzene rings is 1. The quantitative estimate of drug-likeness (QED) is 0.243. The molecule has 0 amide bonds. The molecule has 0 aromatic heterocycles. The van der Waals surface area contributed by atoms with Gasteiger partial charge in [-0.3, -0.25) is 14.4 Å². The Morgan fingerprint density at radius 1 is 1.00 bits per heavy atom. The standard InChI is InChI=1S/C25H30O9/c1-5-6-7-8-11-19-12-9-10-13-20(19)25(29)34-23-14-21(31-17(3)27)24(32-18(4)28)22(33-23)15-30-16(2)26/h9-10,12-13,21-24H,5-7,14-15H2,1-4H3/t21-,22-,23+,24+/m1/s1. The van der Waals surface area contributed by atoms with Gasteiger partial charge in [-0.25, -0.2) is 4.79 Å². The summed E-state index contributed by atoms with van der Waals surface area (Å²) in [5.74, 6) is 3.53. The second-order valence-corrected chi connectivity index (χ2v) is 7.72. The number of carbonyl (C=O) groups is 4. The van der Waals surface area contributed by atoms with Crippen molar-refractivity contribution in [2.75, 3.05) is 6.61 Å². The van der Waals surface area contributed by atoms with Crippen molar-refractivity contribution in [3.63, 3.8) is 0 Å². The van der Waals surface area contributed by atoms with Gasteiger partial charge in [-0.1, -0.05) is 37.3 Å². The average Bonchev–Trinajstić information content (AvgIpc) is 2.76. The van der Waals surface area contributed by atoms with Gasteiger partial charge in [-0.2, -0.15) is 0 Å². The van der Waals surface area contributed by atoms with E-state index in [0.717, 1.165) is 12.8 Å².